The summed E-state index contributed by atoms with van der Waals surface area (Å²) in [5, 5.41) is -0.229. The third-order valence-electron chi connectivity index (χ3n) is 2.22. The van der Waals surface area contributed by atoms with E-state index in [-0.39, 0.29) is 9.50 Å². The molecule has 0 unspecified atom stereocenters. The Kier molecular flexibility index (Phi) is 3.59. The molecule has 0 fully saturated rings. The molecule has 0 atom stereocenters. The summed E-state index contributed by atoms with van der Waals surface area (Å²) in [7, 11) is -4.03. The van der Waals surface area contributed by atoms with Crippen LogP contribution in [-0.2, 0) is 10.0 Å². The number of aromatic nitrogens is 2. The van der Waals surface area contributed by atoms with Crippen molar-refractivity contribution in [3.8, 4) is 0 Å². The molecule has 1 heterocycles. The van der Waals surface area contributed by atoms with Crippen LogP contribution in [0.5, 0.6) is 0 Å². The molecule has 2 N–H and O–H groups in total. The molecule has 1 aromatic heterocycles. The van der Waals surface area contributed by atoms with Gasteiger partial charge in [-0.2, -0.15) is 8.42 Å². The monoisotopic (exact) mass is 351 g/mol. The zero-order chi connectivity index (χ0) is 14.2. The maximum absolute atomic E-state index is 13.5. The van der Waals surface area contributed by atoms with Crippen LogP contribution in [0.15, 0.2) is 27.8 Å². The number of benzene rings is 1. The smallest absolute Gasteiger partial charge is 0.279 e. The van der Waals surface area contributed by atoms with Crippen molar-refractivity contribution in [3.63, 3.8) is 0 Å². The number of rotatable bonds is 3. The van der Waals surface area contributed by atoms with Crippen molar-refractivity contribution in [1.82, 2.24) is 9.97 Å². The van der Waals surface area contributed by atoms with Crippen LogP contribution in [0.25, 0.3) is 0 Å². The fourth-order valence-electron chi connectivity index (χ4n) is 1.34. The van der Waals surface area contributed by atoms with Gasteiger partial charge in [-0.3, -0.25) is 4.72 Å². The first-order chi connectivity index (χ1) is 8.79. The Hall–Kier alpha value is -1.48. The molecule has 0 aliphatic rings. The van der Waals surface area contributed by atoms with Crippen LogP contribution < -0.4 is 4.72 Å². The molecule has 0 spiro atoms. The van der Waals surface area contributed by atoms with Gasteiger partial charge in [-0.05, 0) is 28.9 Å². The average Bonchev–Trinajstić information content (AvgIpc) is 2.73. The molecule has 19 heavy (non-hydrogen) atoms. The Labute approximate surface area is 116 Å². The second-order valence-corrected chi connectivity index (χ2v) is 6.19. The molecule has 9 heteroatoms. The van der Waals surface area contributed by atoms with Crippen LogP contribution in [0.2, 0.25) is 0 Å². The second-order valence-electron chi connectivity index (χ2n) is 3.68. The first-order valence-electron chi connectivity index (χ1n) is 4.98. The van der Waals surface area contributed by atoms with Crippen LogP contribution in [0.1, 0.15) is 5.82 Å². The highest BCUT2D eigenvalue weighted by Crippen LogP contribution is 2.25. The average molecular weight is 352 g/mol. The molecule has 0 amide bonds. The normalized spacial score (nSPS) is 11.6. The highest BCUT2D eigenvalue weighted by Gasteiger charge is 2.19. The molecule has 102 valence electrons. The predicted octanol–water partition coefficient (Wildman–Crippen LogP) is 2.56. The molecule has 0 bridgehead atoms. The standard InChI is InChI=1S/C10H8BrF2N3O2S/c1-5-14-4-10(15-5)19(17,18)16-9-3-7(12)6(11)2-8(9)13/h2-4,16H,1H3,(H,14,15). The summed E-state index contributed by atoms with van der Waals surface area (Å²) in [6.45, 7) is 1.57. The molecule has 5 nitrogen and oxygen atoms in total. The topological polar surface area (TPSA) is 74.8 Å². The molecule has 2 aromatic rings. The van der Waals surface area contributed by atoms with Crippen LogP contribution in [0.4, 0.5) is 14.5 Å². The minimum Gasteiger partial charge on any atom is -0.332 e. The van der Waals surface area contributed by atoms with E-state index < -0.39 is 27.3 Å². The first kappa shape index (κ1) is 13.9. The molecular formula is C10H8BrF2N3O2S. The van der Waals surface area contributed by atoms with Gasteiger partial charge in [0.25, 0.3) is 10.0 Å². The van der Waals surface area contributed by atoms with E-state index in [0.29, 0.717) is 5.82 Å². The Balaban J connectivity index is 2.38. The van der Waals surface area contributed by atoms with E-state index in [0.717, 1.165) is 18.3 Å². The number of nitrogens with zero attached hydrogens (tertiary/aromatic N) is 1. The van der Waals surface area contributed by atoms with E-state index >= 15 is 0 Å². The molecule has 2 rings (SSSR count). The summed E-state index contributed by atoms with van der Waals surface area (Å²) in [6, 6.07) is 1.59. The fourth-order valence-corrected chi connectivity index (χ4v) is 2.68. The number of nitrogens with one attached hydrogen (secondary N) is 2. The lowest BCUT2D eigenvalue weighted by molar-refractivity contribution is 0.590. The molecule has 0 radical (unpaired) electrons. The molecule has 0 saturated carbocycles. The van der Waals surface area contributed by atoms with Gasteiger partial charge in [0.05, 0.1) is 16.4 Å². The van der Waals surface area contributed by atoms with E-state index in [2.05, 4.69) is 25.9 Å². The summed E-state index contributed by atoms with van der Waals surface area (Å²) in [4.78, 5) is 6.22. The molecule has 1 aromatic carbocycles. The lowest BCUT2D eigenvalue weighted by atomic mass is 10.3. The van der Waals surface area contributed by atoms with Gasteiger partial charge in [0.15, 0.2) is 5.03 Å². The van der Waals surface area contributed by atoms with Gasteiger partial charge in [0, 0.05) is 6.07 Å². The third-order valence-corrected chi connectivity index (χ3v) is 4.11. The van der Waals surface area contributed by atoms with Crippen molar-refractivity contribution >= 4 is 31.6 Å². The van der Waals surface area contributed by atoms with Gasteiger partial charge >= 0.3 is 0 Å². The summed E-state index contributed by atoms with van der Waals surface area (Å²) < 4.78 is 52.4. The van der Waals surface area contributed by atoms with Crippen LogP contribution >= 0.6 is 15.9 Å². The molecular weight excluding hydrogens is 344 g/mol. The number of H-pyrrole nitrogens is 1. The van der Waals surface area contributed by atoms with E-state index in [9.17, 15) is 17.2 Å². The van der Waals surface area contributed by atoms with Gasteiger partial charge in [-0.15, -0.1) is 0 Å². The van der Waals surface area contributed by atoms with E-state index in [1.54, 1.807) is 6.92 Å². The van der Waals surface area contributed by atoms with Gasteiger partial charge < -0.3 is 4.98 Å². The van der Waals surface area contributed by atoms with Crippen molar-refractivity contribution in [2.75, 3.05) is 4.72 Å². The summed E-state index contributed by atoms with van der Waals surface area (Å²) in [6.07, 6.45) is 1.09. The Morgan fingerprint density at radius 2 is 2.00 bits per heavy atom. The van der Waals surface area contributed by atoms with Crippen molar-refractivity contribution < 1.29 is 17.2 Å². The summed E-state index contributed by atoms with van der Waals surface area (Å²) in [5.74, 6) is -1.28. The number of aromatic amines is 1. The summed E-state index contributed by atoms with van der Waals surface area (Å²) >= 11 is 2.80. The number of imidazole rings is 1. The minimum absolute atomic E-state index is 0.0923. The number of hydrogen-bond acceptors (Lipinski definition) is 3. The SMILES string of the molecule is Cc1ncc(S(=O)(=O)Nc2cc(F)c(Br)cc2F)[nH]1. The number of aryl methyl sites for hydroxylation is 1. The number of sulfonamides is 1. The predicted molar refractivity (Wildman–Crippen MR) is 68.2 cm³/mol. The third kappa shape index (κ3) is 2.92. The Morgan fingerprint density at radius 3 is 2.58 bits per heavy atom. The lowest BCUT2D eigenvalue weighted by Gasteiger charge is -2.08. The maximum Gasteiger partial charge on any atom is 0.279 e. The summed E-state index contributed by atoms with van der Waals surface area (Å²) in [5.41, 5.74) is -0.479. The molecule has 0 aliphatic heterocycles. The number of halogens is 3. The van der Waals surface area contributed by atoms with Crippen molar-refractivity contribution in [3.05, 3.63) is 40.3 Å². The first-order valence-corrected chi connectivity index (χ1v) is 7.26. The zero-order valence-corrected chi connectivity index (χ0v) is 11.9. The van der Waals surface area contributed by atoms with Crippen molar-refractivity contribution in [2.24, 2.45) is 0 Å². The number of hydrogen-bond donors (Lipinski definition) is 2. The maximum atomic E-state index is 13.5. The van der Waals surface area contributed by atoms with Gasteiger partial charge in [-0.25, -0.2) is 13.8 Å². The Morgan fingerprint density at radius 1 is 1.32 bits per heavy atom. The van der Waals surface area contributed by atoms with Crippen LogP contribution in [0.3, 0.4) is 0 Å². The van der Waals surface area contributed by atoms with Crippen LogP contribution in [-0.4, -0.2) is 18.4 Å². The second kappa shape index (κ2) is 4.89. The van der Waals surface area contributed by atoms with Gasteiger partial charge in [0.1, 0.15) is 17.5 Å². The fraction of sp³-hybridized carbons (Fsp3) is 0.100. The van der Waals surface area contributed by atoms with E-state index in [1.165, 1.54) is 0 Å². The largest absolute Gasteiger partial charge is 0.332 e. The minimum atomic E-state index is -4.03. The number of anilines is 1. The van der Waals surface area contributed by atoms with E-state index in [1.807, 2.05) is 4.72 Å². The molecule has 0 saturated heterocycles. The Bertz CT molecular complexity index is 730. The highest BCUT2D eigenvalue weighted by atomic mass is 79.9. The van der Waals surface area contributed by atoms with Crippen molar-refractivity contribution in [1.29, 1.82) is 0 Å². The van der Waals surface area contributed by atoms with Crippen molar-refractivity contribution in [2.45, 2.75) is 11.9 Å². The van der Waals surface area contributed by atoms with Gasteiger partial charge in [-0.1, -0.05) is 0 Å². The highest BCUT2D eigenvalue weighted by molar-refractivity contribution is 9.10. The van der Waals surface area contributed by atoms with Crippen LogP contribution in [0, 0.1) is 18.6 Å². The molecule has 0 aliphatic carbocycles. The lowest BCUT2D eigenvalue weighted by Crippen LogP contribution is -2.14. The van der Waals surface area contributed by atoms with E-state index in [4.69, 9.17) is 0 Å². The zero-order valence-electron chi connectivity index (χ0n) is 9.54. The quantitative estimate of drug-likeness (QED) is 0.834. The van der Waals surface area contributed by atoms with Gasteiger partial charge in [0.2, 0.25) is 0 Å².